The van der Waals surface area contributed by atoms with E-state index in [2.05, 4.69) is 58.8 Å². The fraction of sp³-hybridized carbons (Fsp3) is 0.154. The number of ether oxygens (including phenoxy) is 1. The summed E-state index contributed by atoms with van der Waals surface area (Å²) in [7, 11) is 0. The molecule has 4 rings (SSSR count). The zero-order valence-electron chi connectivity index (χ0n) is 18.2. The van der Waals surface area contributed by atoms with Crippen molar-refractivity contribution in [2.75, 3.05) is 6.54 Å². The molecule has 0 radical (unpaired) electrons. The number of aliphatic imine (C=N–C) groups is 1. The van der Waals surface area contributed by atoms with E-state index in [4.69, 9.17) is 4.74 Å². The molecule has 168 valence electrons. The quantitative estimate of drug-likeness (QED) is 0.237. The molecule has 1 heterocycles. The number of rotatable bonds is 6. The van der Waals surface area contributed by atoms with Gasteiger partial charge >= 0.3 is 0 Å². The van der Waals surface area contributed by atoms with E-state index in [1.54, 1.807) is 17.0 Å². The maximum Gasteiger partial charge on any atom is 0.266 e. The van der Waals surface area contributed by atoms with Gasteiger partial charge in [-0.1, -0.05) is 35.9 Å². The third kappa shape index (κ3) is 5.83. The lowest BCUT2D eigenvalue weighted by atomic mass is 10.1. The van der Waals surface area contributed by atoms with Gasteiger partial charge in [-0.25, -0.2) is 9.38 Å². The molecule has 0 saturated carbocycles. The largest absolute Gasteiger partial charge is 0.488 e. The number of halogens is 2. The number of aryl methyl sites for hydroxylation is 1. The first-order valence-corrected chi connectivity index (χ1v) is 12.4. The van der Waals surface area contributed by atoms with Crippen LogP contribution < -0.4 is 4.74 Å². The Morgan fingerprint density at radius 3 is 2.48 bits per heavy atom. The molecule has 1 aliphatic heterocycles. The lowest BCUT2D eigenvalue weighted by molar-refractivity contribution is -0.122. The molecule has 1 saturated heterocycles. The Kier molecular flexibility index (Phi) is 7.49. The van der Waals surface area contributed by atoms with Gasteiger partial charge in [0, 0.05) is 6.54 Å². The maximum absolute atomic E-state index is 13.2. The van der Waals surface area contributed by atoms with Crippen LogP contribution in [0.4, 0.5) is 10.1 Å². The lowest BCUT2D eigenvalue weighted by Gasteiger charge is -2.12. The van der Waals surface area contributed by atoms with Crippen molar-refractivity contribution in [3.8, 4) is 5.75 Å². The second kappa shape index (κ2) is 10.5. The van der Waals surface area contributed by atoms with Crippen molar-refractivity contribution >= 4 is 57.2 Å². The Morgan fingerprint density at radius 2 is 1.82 bits per heavy atom. The minimum Gasteiger partial charge on any atom is -0.488 e. The van der Waals surface area contributed by atoms with Crippen molar-refractivity contribution in [3.63, 3.8) is 0 Å². The first-order chi connectivity index (χ1) is 15.9. The number of hydrogen-bond donors (Lipinski definition) is 0. The minimum absolute atomic E-state index is 0.0851. The molecule has 4 nitrogen and oxygen atoms in total. The predicted molar refractivity (Wildman–Crippen MR) is 141 cm³/mol. The van der Waals surface area contributed by atoms with Crippen LogP contribution in [0.15, 0.2) is 76.6 Å². The van der Waals surface area contributed by atoms with Crippen LogP contribution in [-0.4, -0.2) is 22.5 Å². The highest BCUT2D eigenvalue weighted by atomic mass is 127. The highest BCUT2D eigenvalue weighted by Gasteiger charge is 2.32. The van der Waals surface area contributed by atoms with Gasteiger partial charge < -0.3 is 4.74 Å². The molecule has 0 unspecified atom stereocenters. The van der Waals surface area contributed by atoms with E-state index >= 15 is 0 Å². The van der Waals surface area contributed by atoms with Crippen LogP contribution in [-0.2, 0) is 11.4 Å². The molecular formula is C26H22FIN2O2S. The average Bonchev–Trinajstić information content (AvgIpc) is 3.09. The molecular weight excluding hydrogens is 550 g/mol. The van der Waals surface area contributed by atoms with E-state index in [1.165, 1.54) is 29.5 Å². The van der Waals surface area contributed by atoms with E-state index in [-0.39, 0.29) is 11.7 Å². The third-order valence-corrected chi connectivity index (χ3v) is 6.87. The van der Waals surface area contributed by atoms with Gasteiger partial charge in [-0.3, -0.25) is 9.69 Å². The van der Waals surface area contributed by atoms with E-state index < -0.39 is 0 Å². The monoisotopic (exact) mass is 572 g/mol. The standard InChI is InChI=1S/C26H22FIN2O2S/c1-3-30-25(31)24(33-26(30)29-21-11-9-20(27)10-12-21)15-19-8-13-23(22(28)14-19)32-16-18-6-4-17(2)5-7-18/h4-15H,3,16H2,1-2H3/b24-15+,29-26?. The summed E-state index contributed by atoms with van der Waals surface area (Å²) < 4.78 is 20.1. The number of likely N-dealkylation sites (N-methyl/N-ethyl adjacent to an activating group) is 1. The summed E-state index contributed by atoms with van der Waals surface area (Å²) in [5, 5.41) is 0.591. The topological polar surface area (TPSA) is 41.9 Å². The number of benzene rings is 3. The van der Waals surface area contributed by atoms with Crippen LogP contribution in [0.5, 0.6) is 5.75 Å². The SMILES string of the molecule is CCN1C(=O)/C(=C\c2ccc(OCc3ccc(C)cc3)c(I)c2)SC1=Nc1ccc(F)cc1. The molecule has 0 bridgehead atoms. The van der Waals surface area contributed by atoms with E-state index in [0.717, 1.165) is 20.4 Å². The highest BCUT2D eigenvalue weighted by Crippen LogP contribution is 2.34. The molecule has 3 aromatic carbocycles. The minimum atomic E-state index is -0.317. The van der Waals surface area contributed by atoms with Crippen molar-refractivity contribution in [1.82, 2.24) is 4.90 Å². The summed E-state index contributed by atoms with van der Waals surface area (Å²) in [5.41, 5.74) is 3.86. The van der Waals surface area contributed by atoms with Gasteiger partial charge in [0.05, 0.1) is 14.2 Å². The van der Waals surface area contributed by atoms with Crippen molar-refractivity contribution in [2.24, 2.45) is 4.99 Å². The number of thioether (sulfide) groups is 1. The van der Waals surface area contributed by atoms with Crippen LogP contribution in [0.3, 0.4) is 0 Å². The predicted octanol–water partition coefficient (Wildman–Crippen LogP) is 6.94. The first-order valence-electron chi connectivity index (χ1n) is 10.5. The van der Waals surface area contributed by atoms with Gasteiger partial charge in [-0.05, 0) is 102 Å². The molecule has 3 aromatic rings. The van der Waals surface area contributed by atoms with Crippen molar-refractivity contribution in [2.45, 2.75) is 20.5 Å². The van der Waals surface area contributed by atoms with Crippen LogP contribution >= 0.6 is 34.4 Å². The van der Waals surface area contributed by atoms with Gasteiger partial charge in [0.25, 0.3) is 5.91 Å². The van der Waals surface area contributed by atoms with Gasteiger partial charge in [-0.15, -0.1) is 0 Å². The number of carbonyl (C=O) groups is 1. The van der Waals surface area contributed by atoms with Gasteiger partial charge in [-0.2, -0.15) is 0 Å². The molecule has 0 spiro atoms. The van der Waals surface area contributed by atoms with Gasteiger partial charge in [0.15, 0.2) is 5.17 Å². The highest BCUT2D eigenvalue weighted by molar-refractivity contribution is 14.1. The van der Waals surface area contributed by atoms with Crippen molar-refractivity contribution < 1.29 is 13.9 Å². The number of carbonyl (C=O) groups excluding carboxylic acids is 1. The molecule has 0 atom stereocenters. The molecule has 1 aliphatic rings. The van der Waals surface area contributed by atoms with Gasteiger partial charge in [0.2, 0.25) is 0 Å². The van der Waals surface area contributed by atoms with Crippen LogP contribution in [0.1, 0.15) is 23.6 Å². The molecule has 1 amide bonds. The van der Waals surface area contributed by atoms with Crippen LogP contribution in [0.2, 0.25) is 0 Å². The Bertz CT molecular complexity index is 1220. The van der Waals surface area contributed by atoms with Crippen LogP contribution in [0, 0.1) is 16.3 Å². The smallest absolute Gasteiger partial charge is 0.266 e. The molecule has 33 heavy (non-hydrogen) atoms. The summed E-state index contributed by atoms with van der Waals surface area (Å²) in [6, 6.07) is 20.1. The molecule has 1 fully saturated rings. The zero-order valence-corrected chi connectivity index (χ0v) is 21.2. The summed E-state index contributed by atoms with van der Waals surface area (Å²) in [5.74, 6) is 0.401. The Labute approximate surface area is 210 Å². The molecule has 7 heteroatoms. The van der Waals surface area contributed by atoms with Crippen LogP contribution in [0.25, 0.3) is 6.08 Å². The fourth-order valence-corrected chi connectivity index (χ4v) is 4.97. The first kappa shape index (κ1) is 23.5. The summed E-state index contributed by atoms with van der Waals surface area (Å²) in [6.45, 7) is 4.97. The van der Waals surface area contributed by atoms with E-state index in [9.17, 15) is 9.18 Å². The normalized spacial score (nSPS) is 16.1. The Balaban J connectivity index is 1.50. The zero-order chi connectivity index (χ0) is 23.4. The molecule has 0 N–H and O–H groups in total. The second-order valence-electron chi connectivity index (χ2n) is 7.49. The van der Waals surface area contributed by atoms with Gasteiger partial charge in [0.1, 0.15) is 18.2 Å². The average molecular weight is 572 g/mol. The Morgan fingerprint density at radius 1 is 1.09 bits per heavy atom. The maximum atomic E-state index is 13.2. The number of amidine groups is 1. The second-order valence-corrected chi connectivity index (χ2v) is 9.67. The van der Waals surface area contributed by atoms with E-state index in [0.29, 0.717) is 28.9 Å². The Hall–Kier alpha value is -2.65. The summed E-state index contributed by atoms with van der Waals surface area (Å²) in [6.07, 6.45) is 1.87. The summed E-state index contributed by atoms with van der Waals surface area (Å²) in [4.78, 5) is 19.7. The van der Waals surface area contributed by atoms with E-state index in [1.807, 2.05) is 31.2 Å². The lowest BCUT2D eigenvalue weighted by Crippen LogP contribution is -2.28. The van der Waals surface area contributed by atoms with Crippen molar-refractivity contribution in [1.29, 1.82) is 0 Å². The number of nitrogens with zero attached hydrogens (tertiary/aromatic N) is 2. The fourth-order valence-electron chi connectivity index (χ4n) is 3.22. The van der Waals surface area contributed by atoms with Crippen molar-refractivity contribution in [3.05, 3.63) is 97.7 Å². The molecule has 0 aliphatic carbocycles. The number of amides is 1. The molecule has 0 aromatic heterocycles. The third-order valence-electron chi connectivity index (χ3n) is 5.02. The summed E-state index contributed by atoms with van der Waals surface area (Å²) >= 11 is 3.57. The number of hydrogen-bond acceptors (Lipinski definition) is 4.